The second-order valence-electron chi connectivity index (χ2n) is 8.31. The van der Waals surface area contributed by atoms with E-state index in [-0.39, 0.29) is 29.8 Å². The van der Waals surface area contributed by atoms with E-state index in [4.69, 9.17) is 19.9 Å². The fourth-order valence-electron chi connectivity index (χ4n) is 4.14. The molecule has 1 heterocycles. The lowest BCUT2D eigenvalue weighted by Crippen LogP contribution is -2.29. The minimum atomic E-state index is -3.64. The lowest BCUT2D eigenvalue weighted by Gasteiger charge is -2.18. The first kappa shape index (κ1) is 25.9. The fraction of sp³-hybridized carbons (Fsp3) is 0.458. The minimum absolute atomic E-state index is 0.170. The number of nitrogens with zero attached hydrogens (tertiary/aromatic N) is 1. The number of carbonyl (C=O) groups excluding carboxylic acids is 1. The predicted molar refractivity (Wildman–Crippen MR) is 125 cm³/mol. The van der Waals surface area contributed by atoms with Crippen molar-refractivity contribution in [2.45, 2.75) is 37.2 Å². The van der Waals surface area contributed by atoms with Crippen LogP contribution in [0.1, 0.15) is 30.4 Å². The number of rotatable bonds is 12. The molecule has 2 aromatic carbocycles. The van der Waals surface area contributed by atoms with E-state index in [1.54, 1.807) is 18.2 Å². The Morgan fingerprint density at radius 3 is 2.62 bits per heavy atom. The first-order valence-electron chi connectivity index (χ1n) is 11.1. The molecule has 2 aromatic rings. The molecule has 0 aliphatic carbocycles. The van der Waals surface area contributed by atoms with Crippen LogP contribution < -0.4 is 15.2 Å². The molecule has 1 saturated heterocycles. The lowest BCUT2D eigenvalue weighted by molar-refractivity contribution is -0.122. The summed E-state index contributed by atoms with van der Waals surface area (Å²) in [6.45, 7) is 0.876. The Hall–Kier alpha value is -2.69. The molecular weight excluding hydrogens is 463 g/mol. The van der Waals surface area contributed by atoms with Gasteiger partial charge in [0.15, 0.2) is 11.5 Å². The van der Waals surface area contributed by atoms with Gasteiger partial charge in [0.05, 0.1) is 25.7 Å². The molecule has 2 N–H and O–H groups in total. The molecule has 10 heteroatoms. The van der Waals surface area contributed by atoms with Gasteiger partial charge >= 0.3 is 0 Å². The molecule has 0 radical (unpaired) electrons. The Labute approximate surface area is 199 Å². The second-order valence-corrected chi connectivity index (χ2v) is 10.2. The Morgan fingerprint density at radius 2 is 1.91 bits per heavy atom. The minimum Gasteiger partial charge on any atom is -0.493 e. The van der Waals surface area contributed by atoms with Crippen molar-refractivity contribution in [3.63, 3.8) is 0 Å². The van der Waals surface area contributed by atoms with Crippen LogP contribution in [-0.4, -0.2) is 52.5 Å². The van der Waals surface area contributed by atoms with Crippen molar-refractivity contribution in [1.29, 1.82) is 0 Å². The van der Waals surface area contributed by atoms with Crippen LogP contribution in [-0.2, 0) is 32.6 Å². The van der Waals surface area contributed by atoms with Crippen LogP contribution in [0.15, 0.2) is 41.3 Å². The predicted octanol–water partition coefficient (Wildman–Crippen LogP) is 2.88. The smallest absolute Gasteiger partial charge is 0.243 e. The van der Waals surface area contributed by atoms with Crippen molar-refractivity contribution in [2.24, 2.45) is 11.7 Å². The summed E-state index contributed by atoms with van der Waals surface area (Å²) < 4.78 is 57.5. The van der Waals surface area contributed by atoms with Gasteiger partial charge in [0, 0.05) is 19.2 Å². The standard InChI is InChI=1S/C24H31FN2O6S/c1-31-22-9-7-20(13-23(22)32-2)34(29,30)27-11-10-17(14-27)4-3-5-19-12-18(6-8-21(19)25)15-33-16-24(26)28/h6-9,12-13,17H,3-5,10-11,14-16H2,1-2H3,(H2,26,28). The molecule has 0 aromatic heterocycles. The zero-order valence-electron chi connectivity index (χ0n) is 19.5. The van der Waals surface area contributed by atoms with Crippen molar-refractivity contribution >= 4 is 15.9 Å². The Bertz CT molecular complexity index is 1110. The average Bonchev–Trinajstić information content (AvgIpc) is 3.30. The molecule has 0 saturated carbocycles. The van der Waals surface area contributed by atoms with Crippen molar-refractivity contribution in [3.8, 4) is 11.5 Å². The molecule has 0 spiro atoms. The van der Waals surface area contributed by atoms with Gasteiger partial charge in [-0.15, -0.1) is 0 Å². The molecule has 1 amide bonds. The van der Waals surface area contributed by atoms with Gasteiger partial charge in [-0.3, -0.25) is 4.79 Å². The molecule has 1 aliphatic rings. The van der Waals surface area contributed by atoms with Crippen molar-refractivity contribution < 1.29 is 31.8 Å². The number of carbonyl (C=O) groups is 1. The summed E-state index contributed by atoms with van der Waals surface area (Å²) in [5.41, 5.74) is 6.40. The van der Waals surface area contributed by atoms with Gasteiger partial charge in [0.2, 0.25) is 15.9 Å². The van der Waals surface area contributed by atoms with E-state index in [1.807, 2.05) is 0 Å². The van der Waals surface area contributed by atoms with Crippen LogP contribution in [0.2, 0.25) is 0 Å². The van der Waals surface area contributed by atoms with E-state index >= 15 is 0 Å². The van der Waals surface area contributed by atoms with Gasteiger partial charge in [0.25, 0.3) is 0 Å². The third-order valence-electron chi connectivity index (χ3n) is 5.92. The molecule has 8 nitrogen and oxygen atoms in total. The molecular formula is C24H31FN2O6S. The van der Waals surface area contributed by atoms with E-state index in [1.165, 1.54) is 36.7 Å². The average molecular weight is 495 g/mol. The highest BCUT2D eigenvalue weighted by molar-refractivity contribution is 7.89. The van der Waals surface area contributed by atoms with Gasteiger partial charge in [0.1, 0.15) is 12.4 Å². The van der Waals surface area contributed by atoms with Crippen LogP contribution in [0.25, 0.3) is 0 Å². The van der Waals surface area contributed by atoms with Crippen LogP contribution in [0.5, 0.6) is 11.5 Å². The number of hydrogen-bond donors (Lipinski definition) is 1. The van der Waals surface area contributed by atoms with Gasteiger partial charge in [-0.1, -0.05) is 12.1 Å². The largest absolute Gasteiger partial charge is 0.493 e. The molecule has 1 unspecified atom stereocenters. The van der Waals surface area contributed by atoms with Crippen molar-refractivity contribution in [1.82, 2.24) is 4.31 Å². The van der Waals surface area contributed by atoms with E-state index in [2.05, 4.69) is 0 Å². The number of amides is 1. The number of benzene rings is 2. The molecule has 186 valence electrons. The highest BCUT2D eigenvalue weighted by Crippen LogP contribution is 2.33. The molecule has 3 rings (SSSR count). The lowest BCUT2D eigenvalue weighted by atomic mass is 9.98. The van der Waals surface area contributed by atoms with E-state index in [0.29, 0.717) is 36.6 Å². The van der Waals surface area contributed by atoms with Crippen LogP contribution >= 0.6 is 0 Å². The van der Waals surface area contributed by atoms with Gasteiger partial charge in [-0.25, -0.2) is 12.8 Å². The molecule has 1 atom stereocenters. The molecule has 0 bridgehead atoms. The summed E-state index contributed by atoms with van der Waals surface area (Å²) >= 11 is 0. The SMILES string of the molecule is COc1ccc(S(=O)(=O)N2CCC(CCCc3cc(COCC(N)=O)ccc3F)C2)cc1OC. The first-order valence-corrected chi connectivity index (χ1v) is 12.5. The zero-order valence-corrected chi connectivity index (χ0v) is 20.3. The van der Waals surface area contributed by atoms with Crippen LogP contribution in [0.4, 0.5) is 4.39 Å². The van der Waals surface area contributed by atoms with Crippen molar-refractivity contribution in [2.75, 3.05) is 33.9 Å². The van der Waals surface area contributed by atoms with Crippen LogP contribution in [0, 0.1) is 11.7 Å². The van der Waals surface area contributed by atoms with E-state index in [9.17, 15) is 17.6 Å². The highest BCUT2D eigenvalue weighted by Gasteiger charge is 2.32. The summed E-state index contributed by atoms with van der Waals surface area (Å²) in [5.74, 6) is 0.198. The number of primary amides is 1. The maximum atomic E-state index is 14.2. The summed E-state index contributed by atoms with van der Waals surface area (Å²) in [6.07, 6.45) is 2.82. The Balaban J connectivity index is 1.54. The number of ether oxygens (including phenoxy) is 3. The number of nitrogens with two attached hydrogens (primary N) is 1. The molecule has 1 fully saturated rings. The maximum Gasteiger partial charge on any atom is 0.243 e. The normalized spacial score (nSPS) is 16.5. The van der Waals surface area contributed by atoms with E-state index < -0.39 is 15.9 Å². The maximum absolute atomic E-state index is 14.2. The van der Waals surface area contributed by atoms with Crippen molar-refractivity contribution in [3.05, 3.63) is 53.3 Å². The zero-order chi connectivity index (χ0) is 24.7. The third kappa shape index (κ3) is 6.46. The number of hydrogen-bond acceptors (Lipinski definition) is 6. The molecule has 1 aliphatic heterocycles. The number of halogens is 1. The van der Waals surface area contributed by atoms with Gasteiger partial charge < -0.3 is 19.9 Å². The quantitative estimate of drug-likeness (QED) is 0.486. The topological polar surface area (TPSA) is 108 Å². The van der Waals surface area contributed by atoms with Gasteiger partial charge in [-0.2, -0.15) is 4.31 Å². The highest BCUT2D eigenvalue weighted by atomic mass is 32.2. The second kappa shape index (κ2) is 11.6. The molecule has 34 heavy (non-hydrogen) atoms. The third-order valence-corrected chi connectivity index (χ3v) is 7.78. The summed E-state index contributed by atoms with van der Waals surface area (Å²) in [7, 11) is -0.681. The summed E-state index contributed by atoms with van der Waals surface area (Å²) in [6, 6.07) is 9.33. The number of aryl methyl sites for hydroxylation is 1. The summed E-state index contributed by atoms with van der Waals surface area (Å²) in [5, 5.41) is 0. The Morgan fingerprint density at radius 1 is 1.15 bits per heavy atom. The summed E-state index contributed by atoms with van der Waals surface area (Å²) in [4.78, 5) is 11.0. The first-order chi connectivity index (χ1) is 16.2. The van der Waals surface area contributed by atoms with Gasteiger partial charge in [-0.05, 0) is 60.9 Å². The number of sulfonamides is 1. The fourth-order valence-corrected chi connectivity index (χ4v) is 5.68. The van der Waals surface area contributed by atoms with E-state index in [0.717, 1.165) is 24.8 Å². The Kier molecular flexibility index (Phi) is 8.87. The monoisotopic (exact) mass is 494 g/mol. The number of methoxy groups -OCH3 is 2. The van der Waals surface area contributed by atoms with Crippen LogP contribution in [0.3, 0.4) is 0 Å².